The van der Waals surface area contributed by atoms with Crippen LogP contribution in [0.4, 0.5) is 0 Å². The molecule has 4 aromatic rings. The molecule has 3 aromatic heterocycles. The molecule has 1 aromatic carbocycles. The maximum atomic E-state index is 12.9. The number of fused-ring (bicyclic) bond motifs is 2. The molecule has 0 saturated heterocycles. The summed E-state index contributed by atoms with van der Waals surface area (Å²) in [6, 6.07) is 11.6. The lowest BCUT2D eigenvalue weighted by Gasteiger charge is -2.15. The molecule has 6 heteroatoms. The van der Waals surface area contributed by atoms with Crippen LogP contribution < -0.4 is 5.56 Å². The monoisotopic (exact) mass is 364 g/mol. The summed E-state index contributed by atoms with van der Waals surface area (Å²) in [5.74, 6) is 0.665. The Morgan fingerprint density at radius 3 is 2.69 bits per heavy atom. The van der Waals surface area contributed by atoms with Crippen LogP contribution in [0.25, 0.3) is 16.6 Å². The van der Waals surface area contributed by atoms with Crippen LogP contribution in [0, 0.1) is 6.92 Å². The molecule has 0 unspecified atom stereocenters. The molecular formula is C20H20N4OS. The molecule has 0 radical (unpaired) electrons. The van der Waals surface area contributed by atoms with Crippen LogP contribution in [0.15, 0.2) is 58.7 Å². The Bertz CT molecular complexity index is 1160. The van der Waals surface area contributed by atoms with E-state index >= 15 is 0 Å². The van der Waals surface area contributed by atoms with Gasteiger partial charge in [0.15, 0.2) is 5.16 Å². The van der Waals surface area contributed by atoms with Gasteiger partial charge < -0.3 is 4.40 Å². The quantitative estimate of drug-likeness (QED) is 0.402. The van der Waals surface area contributed by atoms with Crippen LogP contribution in [0.1, 0.15) is 31.1 Å². The minimum Gasteiger partial charge on any atom is -0.307 e. The number of para-hydroxylation sites is 1. The lowest BCUT2D eigenvalue weighted by atomic mass is 10.2. The van der Waals surface area contributed by atoms with Gasteiger partial charge in [-0.05, 0) is 44.5 Å². The molecule has 0 spiro atoms. The first-order valence-corrected chi connectivity index (χ1v) is 9.60. The van der Waals surface area contributed by atoms with E-state index < -0.39 is 0 Å². The Morgan fingerprint density at radius 2 is 1.88 bits per heavy atom. The van der Waals surface area contributed by atoms with E-state index in [1.807, 2.05) is 54.8 Å². The zero-order valence-electron chi connectivity index (χ0n) is 15.0. The van der Waals surface area contributed by atoms with Gasteiger partial charge in [-0.2, -0.15) is 0 Å². The SMILES string of the molecule is Cc1ccc2nc(CSc3nc4ccccc4c(=O)n3C(C)C)cn2c1. The lowest BCUT2D eigenvalue weighted by molar-refractivity contribution is 0.519. The van der Waals surface area contributed by atoms with Gasteiger partial charge in [0, 0.05) is 24.2 Å². The van der Waals surface area contributed by atoms with Crippen molar-refractivity contribution in [1.82, 2.24) is 18.9 Å². The minimum atomic E-state index is 0.0127. The van der Waals surface area contributed by atoms with Crippen LogP contribution in [0.3, 0.4) is 0 Å². The van der Waals surface area contributed by atoms with Crippen molar-refractivity contribution in [1.29, 1.82) is 0 Å². The molecule has 0 bridgehead atoms. The molecule has 3 heterocycles. The number of rotatable bonds is 4. The van der Waals surface area contributed by atoms with Gasteiger partial charge in [-0.25, -0.2) is 9.97 Å². The third-order valence-corrected chi connectivity index (χ3v) is 5.28. The van der Waals surface area contributed by atoms with Crippen molar-refractivity contribution in [2.75, 3.05) is 0 Å². The summed E-state index contributed by atoms with van der Waals surface area (Å²) in [7, 11) is 0. The Morgan fingerprint density at radius 1 is 1.08 bits per heavy atom. The molecule has 0 aliphatic carbocycles. The van der Waals surface area contributed by atoms with E-state index in [1.165, 1.54) is 5.56 Å². The van der Waals surface area contributed by atoms with E-state index in [4.69, 9.17) is 4.98 Å². The second kappa shape index (κ2) is 6.61. The highest BCUT2D eigenvalue weighted by molar-refractivity contribution is 7.98. The summed E-state index contributed by atoms with van der Waals surface area (Å²) < 4.78 is 3.81. The Hall–Kier alpha value is -2.60. The van der Waals surface area contributed by atoms with E-state index in [0.29, 0.717) is 11.1 Å². The minimum absolute atomic E-state index is 0.0127. The first kappa shape index (κ1) is 16.8. The molecule has 0 saturated carbocycles. The highest BCUT2D eigenvalue weighted by atomic mass is 32.2. The molecular weight excluding hydrogens is 344 g/mol. The Labute approximate surface area is 155 Å². The molecule has 0 N–H and O–H groups in total. The lowest BCUT2D eigenvalue weighted by Crippen LogP contribution is -2.25. The van der Waals surface area contributed by atoms with Crippen molar-refractivity contribution in [3.63, 3.8) is 0 Å². The van der Waals surface area contributed by atoms with Gasteiger partial charge >= 0.3 is 0 Å². The average molecular weight is 364 g/mol. The van der Waals surface area contributed by atoms with Gasteiger partial charge in [0.2, 0.25) is 0 Å². The zero-order chi connectivity index (χ0) is 18.3. The summed E-state index contributed by atoms with van der Waals surface area (Å²) >= 11 is 1.55. The third-order valence-electron chi connectivity index (χ3n) is 4.29. The molecule has 5 nitrogen and oxygen atoms in total. The summed E-state index contributed by atoms with van der Waals surface area (Å²) in [6.07, 6.45) is 4.10. The van der Waals surface area contributed by atoms with Crippen LogP contribution in [0.5, 0.6) is 0 Å². The number of nitrogens with zero attached hydrogens (tertiary/aromatic N) is 4. The first-order valence-electron chi connectivity index (χ1n) is 8.61. The van der Waals surface area contributed by atoms with E-state index in [0.717, 1.165) is 22.0 Å². The predicted octanol–water partition coefficient (Wildman–Crippen LogP) is 4.23. The number of hydrogen-bond acceptors (Lipinski definition) is 4. The number of imidazole rings is 1. The fourth-order valence-corrected chi connectivity index (χ4v) is 4.06. The van der Waals surface area contributed by atoms with Gasteiger partial charge in [0.25, 0.3) is 5.56 Å². The van der Waals surface area contributed by atoms with Crippen LogP contribution >= 0.6 is 11.8 Å². The molecule has 0 aliphatic heterocycles. The number of thioether (sulfide) groups is 1. The fourth-order valence-electron chi connectivity index (χ4n) is 3.05. The van der Waals surface area contributed by atoms with Crippen molar-refractivity contribution < 1.29 is 0 Å². The highest BCUT2D eigenvalue weighted by Crippen LogP contribution is 2.24. The van der Waals surface area contributed by atoms with Crippen molar-refractivity contribution in [2.24, 2.45) is 0 Å². The standard InChI is InChI=1S/C20H20N4OS/c1-13(2)24-19(25)16-6-4-5-7-17(16)22-20(24)26-12-15-11-23-10-14(3)8-9-18(23)21-15/h4-11,13H,12H2,1-3H3. The zero-order valence-corrected chi connectivity index (χ0v) is 15.8. The molecule has 26 heavy (non-hydrogen) atoms. The highest BCUT2D eigenvalue weighted by Gasteiger charge is 2.14. The molecule has 4 rings (SSSR count). The molecule has 132 valence electrons. The van der Waals surface area contributed by atoms with Gasteiger partial charge in [0.1, 0.15) is 5.65 Å². The average Bonchev–Trinajstić information content (AvgIpc) is 3.01. The second-order valence-electron chi connectivity index (χ2n) is 6.67. The van der Waals surface area contributed by atoms with Gasteiger partial charge in [-0.3, -0.25) is 9.36 Å². The van der Waals surface area contributed by atoms with E-state index in [9.17, 15) is 4.79 Å². The molecule has 0 atom stereocenters. The molecule has 0 aliphatic rings. The maximum Gasteiger partial charge on any atom is 0.262 e. The van der Waals surface area contributed by atoms with Crippen molar-refractivity contribution in [3.8, 4) is 0 Å². The fraction of sp³-hybridized carbons (Fsp3) is 0.250. The smallest absolute Gasteiger partial charge is 0.262 e. The topological polar surface area (TPSA) is 52.2 Å². The summed E-state index contributed by atoms with van der Waals surface area (Å²) in [5.41, 5.74) is 3.84. The maximum absolute atomic E-state index is 12.9. The summed E-state index contributed by atoms with van der Waals surface area (Å²) in [5, 5.41) is 1.39. The normalized spacial score (nSPS) is 11.7. The largest absolute Gasteiger partial charge is 0.307 e. The number of pyridine rings is 1. The van der Waals surface area contributed by atoms with Gasteiger partial charge in [-0.15, -0.1) is 0 Å². The van der Waals surface area contributed by atoms with Crippen LogP contribution in [-0.2, 0) is 5.75 Å². The van der Waals surface area contributed by atoms with Crippen molar-refractivity contribution in [3.05, 3.63) is 70.4 Å². The number of hydrogen-bond donors (Lipinski definition) is 0. The second-order valence-corrected chi connectivity index (χ2v) is 7.62. The van der Waals surface area contributed by atoms with Gasteiger partial charge in [0.05, 0.1) is 16.6 Å². The predicted molar refractivity (Wildman–Crippen MR) is 106 cm³/mol. The summed E-state index contributed by atoms with van der Waals surface area (Å²) in [6.45, 7) is 6.08. The number of aryl methyl sites for hydroxylation is 1. The molecule has 0 fully saturated rings. The third kappa shape index (κ3) is 3.01. The molecule has 0 amide bonds. The van der Waals surface area contributed by atoms with Crippen LogP contribution in [-0.4, -0.2) is 18.9 Å². The van der Waals surface area contributed by atoms with Crippen molar-refractivity contribution >= 4 is 28.3 Å². The van der Waals surface area contributed by atoms with Crippen molar-refractivity contribution in [2.45, 2.75) is 37.7 Å². The van der Waals surface area contributed by atoms with E-state index in [2.05, 4.69) is 24.2 Å². The Balaban J connectivity index is 1.71. The van der Waals surface area contributed by atoms with Crippen LogP contribution in [0.2, 0.25) is 0 Å². The first-order chi connectivity index (χ1) is 12.5. The van der Waals surface area contributed by atoms with E-state index in [-0.39, 0.29) is 11.6 Å². The number of benzene rings is 1. The van der Waals surface area contributed by atoms with Gasteiger partial charge in [-0.1, -0.05) is 30.0 Å². The number of aromatic nitrogens is 4. The van der Waals surface area contributed by atoms with E-state index in [1.54, 1.807) is 16.3 Å². The summed E-state index contributed by atoms with van der Waals surface area (Å²) in [4.78, 5) is 22.3. The Kier molecular flexibility index (Phi) is 4.28.